The van der Waals surface area contributed by atoms with Crippen LogP contribution in [0.5, 0.6) is 5.75 Å². The fourth-order valence-corrected chi connectivity index (χ4v) is 4.17. The van der Waals surface area contributed by atoms with E-state index in [2.05, 4.69) is 15.1 Å². The van der Waals surface area contributed by atoms with Crippen molar-refractivity contribution in [2.24, 2.45) is 0 Å². The molecule has 1 aliphatic rings. The summed E-state index contributed by atoms with van der Waals surface area (Å²) in [6.45, 7) is 3.23. The fourth-order valence-electron chi connectivity index (χ4n) is 4.17. The minimum Gasteiger partial charge on any atom is -0.508 e. The molecule has 0 saturated carbocycles. The van der Waals surface area contributed by atoms with Crippen LogP contribution in [-0.4, -0.2) is 37.3 Å². The van der Waals surface area contributed by atoms with Gasteiger partial charge in [-0.25, -0.2) is 0 Å². The molecule has 1 amide bonds. The van der Waals surface area contributed by atoms with E-state index in [1.54, 1.807) is 12.1 Å². The van der Waals surface area contributed by atoms with Crippen LogP contribution in [0, 0.1) is 0 Å². The Morgan fingerprint density at radius 2 is 1.31 bits per heavy atom. The van der Waals surface area contributed by atoms with E-state index in [0.29, 0.717) is 5.56 Å². The molecule has 1 fully saturated rings. The van der Waals surface area contributed by atoms with Crippen molar-refractivity contribution in [3.63, 3.8) is 0 Å². The Hall–Kier alpha value is -4.29. The van der Waals surface area contributed by atoms with E-state index in [4.69, 9.17) is 4.74 Å². The van der Waals surface area contributed by atoms with Crippen molar-refractivity contribution in [1.82, 2.24) is 0 Å². The molecule has 6 nitrogen and oxygen atoms in total. The lowest BCUT2D eigenvalue weighted by molar-refractivity contribution is 0.102. The van der Waals surface area contributed by atoms with Gasteiger partial charge in [0.1, 0.15) is 5.75 Å². The lowest BCUT2D eigenvalue weighted by Gasteiger charge is -2.28. The second kappa shape index (κ2) is 10.3. The Labute approximate surface area is 205 Å². The number of carbonyl (C=O) groups excluding carboxylic acids is 1. The average Bonchev–Trinajstić information content (AvgIpc) is 2.92. The summed E-state index contributed by atoms with van der Waals surface area (Å²) in [7, 11) is 0. The number of ether oxygens (including phenoxy) is 1. The summed E-state index contributed by atoms with van der Waals surface area (Å²) < 4.78 is 5.41. The van der Waals surface area contributed by atoms with Crippen LogP contribution in [0.25, 0.3) is 0 Å². The van der Waals surface area contributed by atoms with Crippen LogP contribution in [0.3, 0.4) is 0 Å². The fraction of sp³-hybridized carbons (Fsp3) is 0.138. The number of hydrogen-bond acceptors (Lipinski definition) is 5. The highest BCUT2D eigenvalue weighted by molar-refractivity contribution is 6.04. The van der Waals surface area contributed by atoms with Gasteiger partial charge in [0, 0.05) is 47.1 Å². The van der Waals surface area contributed by atoms with E-state index < -0.39 is 0 Å². The number of morpholine rings is 1. The zero-order valence-corrected chi connectivity index (χ0v) is 19.3. The van der Waals surface area contributed by atoms with Gasteiger partial charge in [-0.2, -0.15) is 0 Å². The SMILES string of the molecule is O=C(Nc1ccc(N2CCOCC2)cc1)c1ccc(N(c2ccccc2)c2ccc(O)cc2)cc1. The first-order valence-electron chi connectivity index (χ1n) is 11.7. The van der Waals surface area contributed by atoms with Crippen molar-refractivity contribution < 1.29 is 14.6 Å². The maximum absolute atomic E-state index is 12.9. The van der Waals surface area contributed by atoms with Gasteiger partial charge < -0.3 is 25.0 Å². The molecule has 4 aromatic rings. The van der Waals surface area contributed by atoms with E-state index in [9.17, 15) is 9.90 Å². The maximum Gasteiger partial charge on any atom is 0.255 e. The molecule has 0 atom stereocenters. The molecule has 5 rings (SSSR count). The Balaban J connectivity index is 1.32. The summed E-state index contributed by atoms with van der Waals surface area (Å²) >= 11 is 0. The van der Waals surface area contributed by atoms with Gasteiger partial charge in [-0.05, 0) is 84.9 Å². The number of anilines is 5. The number of nitrogens with zero attached hydrogens (tertiary/aromatic N) is 2. The van der Waals surface area contributed by atoms with E-state index in [1.165, 1.54) is 0 Å². The number of phenols is 1. The smallest absolute Gasteiger partial charge is 0.255 e. The first-order valence-corrected chi connectivity index (χ1v) is 11.7. The summed E-state index contributed by atoms with van der Waals surface area (Å²) in [5, 5.41) is 12.7. The summed E-state index contributed by atoms with van der Waals surface area (Å²) in [4.78, 5) is 17.2. The summed E-state index contributed by atoms with van der Waals surface area (Å²) in [6.07, 6.45) is 0. The number of aromatic hydroxyl groups is 1. The first kappa shape index (κ1) is 22.5. The standard InChI is InChI=1S/C29H27N3O3/c33-28-16-14-27(15-17-28)32(25-4-2-1-3-5-25)26-10-6-22(7-11-26)29(34)30-23-8-12-24(13-9-23)31-18-20-35-21-19-31/h1-17,33H,18-21H2,(H,30,34). The van der Waals surface area contributed by atoms with Crippen molar-refractivity contribution in [1.29, 1.82) is 0 Å². The van der Waals surface area contributed by atoms with Crippen LogP contribution in [0.1, 0.15) is 10.4 Å². The predicted molar refractivity (Wildman–Crippen MR) is 140 cm³/mol. The molecule has 35 heavy (non-hydrogen) atoms. The molecule has 1 saturated heterocycles. The van der Waals surface area contributed by atoms with Gasteiger partial charge >= 0.3 is 0 Å². The normalized spacial score (nSPS) is 13.3. The molecule has 0 unspecified atom stereocenters. The molecule has 2 N–H and O–H groups in total. The number of para-hydroxylation sites is 1. The number of phenolic OH excluding ortho intramolecular Hbond substituents is 1. The highest BCUT2D eigenvalue weighted by Gasteiger charge is 2.14. The molecule has 0 radical (unpaired) electrons. The molecule has 1 aliphatic heterocycles. The number of rotatable bonds is 6. The third kappa shape index (κ3) is 5.28. The zero-order valence-electron chi connectivity index (χ0n) is 19.3. The van der Waals surface area contributed by atoms with Crippen LogP contribution in [0.15, 0.2) is 103 Å². The molecular weight excluding hydrogens is 438 g/mol. The number of nitrogens with one attached hydrogen (secondary N) is 1. The van der Waals surface area contributed by atoms with Crippen LogP contribution in [-0.2, 0) is 4.74 Å². The molecule has 176 valence electrons. The third-order valence-corrected chi connectivity index (χ3v) is 6.01. The van der Waals surface area contributed by atoms with Crippen LogP contribution in [0.2, 0.25) is 0 Å². The molecule has 6 heteroatoms. The lowest BCUT2D eigenvalue weighted by atomic mass is 10.1. The van der Waals surface area contributed by atoms with Crippen molar-refractivity contribution in [3.8, 4) is 5.75 Å². The van der Waals surface area contributed by atoms with E-state index in [-0.39, 0.29) is 11.7 Å². The topological polar surface area (TPSA) is 65.0 Å². The molecular formula is C29H27N3O3. The Morgan fingerprint density at radius 1 is 0.743 bits per heavy atom. The minimum atomic E-state index is -0.161. The summed E-state index contributed by atoms with van der Waals surface area (Å²) in [5.74, 6) is 0.0540. The van der Waals surface area contributed by atoms with Crippen LogP contribution >= 0.6 is 0 Å². The van der Waals surface area contributed by atoms with Crippen molar-refractivity contribution in [3.05, 3.63) is 109 Å². The predicted octanol–water partition coefficient (Wildman–Crippen LogP) is 5.95. The van der Waals surface area contributed by atoms with E-state index >= 15 is 0 Å². The molecule has 1 heterocycles. The third-order valence-electron chi connectivity index (χ3n) is 6.01. The highest BCUT2D eigenvalue weighted by atomic mass is 16.5. The number of benzene rings is 4. The van der Waals surface area contributed by atoms with Crippen LogP contribution in [0.4, 0.5) is 28.4 Å². The Morgan fingerprint density at radius 3 is 1.94 bits per heavy atom. The van der Waals surface area contributed by atoms with Gasteiger partial charge in [-0.15, -0.1) is 0 Å². The monoisotopic (exact) mass is 465 g/mol. The minimum absolute atomic E-state index is 0.161. The van der Waals surface area contributed by atoms with Crippen molar-refractivity contribution in [2.75, 3.05) is 41.4 Å². The number of amides is 1. The molecule has 0 aliphatic carbocycles. The van der Waals surface area contributed by atoms with Gasteiger partial charge in [0.2, 0.25) is 0 Å². The first-order chi connectivity index (χ1) is 17.2. The average molecular weight is 466 g/mol. The summed E-state index contributed by atoms with van der Waals surface area (Å²) in [6, 6.07) is 32.4. The van der Waals surface area contributed by atoms with Crippen molar-refractivity contribution in [2.45, 2.75) is 0 Å². The molecule has 0 bridgehead atoms. The van der Waals surface area contributed by atoms with Gasteiger partial charge in [0.25, 0.3) is 5.91 Å². The summed E-state index contributed by atoms with van der Waals surface area (Å²) in [5.41, 5.74) is 5.26. The van der Waals surface area contributed by atoms with E-state index in [0.717, 1.165) is 54.7 Å². The molecule has 0 aromatic heterocycles. The van der Waals surface area contributed by atoms with Gasteiger partial charge in [-0.1, -0.05) is 18.2 Å². The number of hydrogen-bond donors (Lipinski definition) is 2. The lowest BCUT2D eigenvalue weighted by Crippen LogP contribution is -2.36. The van der Waals surface area contributed by atoms with Crippen LogP contribution < -0.4 is 15.1 Å². The van der Waals surface area contributed by atoms with E-state index in [1.807, 2.05) is 91.0 Å². The van der Waals surface area contributed by atoms with Gasteiger partial charge in [0.05, 0.1) is 13.2 Å². The van der Waals surface area contributed by atoms with Crippen molar-refractivity contribution >= 4 is 34.3 Å². The highest BCUT2D eigenvalue weighted by Crippen LogP contribution is 2.35. The molecule has 0 spiro atoms. The Kier molecular flexibility index (Phi) is 6.63. The zero-order chi connectivity index (χ0) is 24.0. The number of carbonyl (C=O) groups is 1. The molecule has 4 aromatic carbocycles. The van der Waals surface area contributed by atoms with Gasteiger partial charge in [0.15, 0.2) is 0 Å². The largest absolute Gasteiger partial charge is 0.508 e. The maximum atomic E-state index is 12.9. The van der Waals surface area contributed by atoms with Gasteiger partial charge in [-0.3, -0.25) is 4.79 Å². The Bertz CT molecular complexity index is 1250. The quantitative estimate of drug-likeness (QED) is 0.368. The second-order valence-electron chi connectivity index (χ2n) is 8.33. The second-order valence-corrected chi connectivity index (χ2v) is 8.33.